The number of hydrogen-bond acceptors (Lipinski definition) is 6. The molecular weight excluding hydrogens is 842 g/mol. The summed E-state index contributed by atoms with van der Waals surface area (Å²) in [5.74, 6) is -2.42. The Balaban J connectivity index is 0.000000208. The molecule has 0 bridgehead atoms. The molecule has 0 aliphatic carbocycles. The highest BCUT2D eigenvalue weighted by molar-refractivity contribution is 9.10. The number of aromatic nitrogens is 2. The summed E-state index contributed by atoms with van der Waals surface area (Å²) in [5.41, 5.74) is 3.22. The fraction of sp³-hybridized carbons (Fsp3) is 0.114. The first-order valence-electron chi connectivity index (χ1n) is 17.4. The summed E-state index contributed by atoms with van der Waals surface area (Å²) in [6, 6.07) is 38.6. The monoisotopic (exact) mass is 875 g/mol. The summed E-state index contributed by atoms with van der Waals surface area (Å²) >= 11 is 6.74. The largest absolute Gasteiger partial charge is 0.477 e. The van der Waals surface area contributed by atoms with Crippen molar-refractivity contribution in [1.82, 2.24) is 14.5 Å². The Morgan fingerprint density at radius 3 is 1.52 bits per heavy atom. The van der Waals surface area contributed by atoms with Gasteiger partial charge in [0.25, 0.3) is 5.91 Å². The number of carbonyl (C=O) groups is 3. The number of halogens is 2. The summed E-state index contributed by atoms with van der Waals surface area (Å²) in [6.07, 6.45) is 3.21. The quantitative estimate of drug-likeness (QED) is 0.134. The highest BCUT2D eigenvalue weighted by atomic mass is 79.9. The number of benzene rings is 5. The van der Waals surface area contributed by atoms with E-state index in [4.69, 9.17) is 4.74 Å². The van der Waals surface area contributed by atoms with Crippen molar-refractivity contribution in [3.8, 4) is 0 Å². The number of pyridine rings is 2. The van der Waals surface area contributed by atoms with E-state index in [1.54, 1.807) is 22.9 Å². The maximum absolute atomic E-state index is 13.3. The number of carboxylic acid groups (broad SMARTS) is 1. The van der Waals surface area contributed by atoms with Crippen molar-refractivity contribution in [3.05, 3.63) is 197 Å². The molecule has 2 aromatic heterocycles. The van der Waals surface area contributed by atoms with Gasteiger partial charge in [0, 0.05) is 51.6 Å². The van der Waals surface area contributed by atoms with Gasteiger partial charge in [-0.05, 0) is 53.1 Å². The van der Waals surface area contributed by atoms with Crippen LogP contribution in [0.3, 0.4) is 0 Å². The Bertz CT molecular complexity index is 2660. The second-order valence-corrected chi connectivity index (χ2v) is 14.7. The molecule has 56 heavy (non-hydrogen) atoms. The molecule has 5 aromatic carbocycles. The molecule has 7 rings (SSSR count). The molecule has 10 nitrogen and oxygen atoms in total. The SMILES string of the molecule is COC(=O)[C@H](Cc1ccccc1)NC(=O)c1cn(Cc2ccccc2)c2ccc(Br)cc2c1=O.O=C(O)c1cn(Cc2ccccc2)c2ccc(Br)cc2c1=O. The molecule has 282 valence electrons. The first-order valence-corrected chi connectivity index (χ1v) is 19.0. The molecule has 0 aliphatic rings. The third-order valence-electron chi connectivity index (χ3n) is 9.02. The zero-order valence-electron chi connectivity index (χ0n) is 30.0. The van der Waals surface area contributed by atoms with Crippen LogP contribution in [-0.4, -0.2) is 45.2 Å². The van der Waals surface area contributed by atoms with Crippen LogP contribution >= 0.6 is 31.9 Å². The minimum Gasteiger partial charge on any atom is -0.477 e. The Labute approximate surface area is 338 Å². The van der Waals surface area contributed by atoms with E-state index in [9.17, 15) is 29.1 Å². The van der Waals surface area contributed by atoms with Gasteiger partial charge < -0.3 is 24.3 Å². The molecule has 0 unspecified atom stereocenters. The van der Waals surface area contributed by atoms with Gasteiger partial charge in [-0.25, -0.2) is 9.59 Å². The molecule has 0 saturated carbocycles. The van der Waals surface area contributed by atoms with Crippen LogP contribution in [-0.2, 0) is 29.0 Å². The zero-order chi connectivity index (χ0) is 39.8. The van der Waals surface area contributed by atoms with Gasteiger partial charge in [0.2, 0.25) is 10.9 Å². The van der Waals surface area contributed by atoms with E-state index >= 15 is 0 Å². The maximum atomic E-state index is 13.3. The van der Waals surface area contributed by atoms with Crippen LogP contribution in [0.2, 0.25) is 0 Å². The minimum absolute atomic E-state index is 0.0384. The Hall–Kier alpha value is -6.11. The van der Waals surface area contributed by atoms with Crippen LogP contribution in [0.4, 0.5) is 0 Å². The van der Waals surface area contributed by atoms with Gasteiger partial charge >= 0.3 is 11.9 Å². The fourth-order valence-corrected chi connectivity index (χ4v) is 7.02. The number of methoxy groups -OCH3 is 1. The molecule has 0 radical (unpaired) electrons. The van der Waals surface area contributed by atoms with Crippen LogP contribution in [0.1, 0.15) is 37.4 Å². The lowest BCUT2D eigenvalue weighted by Gasteiger charge is -2.18. The minimum atomic E-state index is -1.21. The molecule has 1 atom stereocenters. The van der Waals surface area contributed by atoms with Crippen LogP contribution in [0.15, 0.2) is 158 Å². The van der Waals surface area contributed by atoms with Gasteiger partial charge in [-0.1, -0.05) is 123 Å². The second kappa shape index (κ2) is 18.0. The third kappa shape index (κ3) is 9.39. The summed E-state index contributed by atoms with van der Waals surface area (Å²) < 4.78 is 10.0. The molecule has 7 aromatic rings. The number of nitrogens with zero attached hydrogens (tertiary/aromatic N) is 2. The van der Waals surface area contributed by atoms with E-state index in [-0.39, 0.29) is 17.5 Å². The molecule has 12 heteroatoms. The topological polar surface area (TPSA) is 137 Å². The normalized spacial score (nSPS) is 11.3. The van der Waals surface area contributed by atoms with Gasteiger partial charge in [0.15, 0.2) is 0 Å². The van der Waals surface area contributed by atoms with Gasteiger partial charge in [0.1, 0.15) is 17.2 Å². The molecule has 0 aliphatic heterocycles. The summed E-state index contributed by atoms with van der Waals surface area (Å²) in [6.45, 7) is 0.976. The number of amides is 1. The first-order chi connectivity index (χ1) is 27.0. The number of esters is 1. The molecule has 1 amide bonds. The standard InChI is InChI=1S/C27H23BrN2O4.C17H12BrNO3/c1-34-27(33)23(14-18-8-4-2-5-9-18)29-26(32)22-17-30(16-19-10-6-3-7-11-19)24-13-12-20(28)15-21(24)25(22)31;18-12-6-7-15-13(8-12)16(20)14(17(21)22)10-19(15)9-11-4-2-1-3-5-11/h2-13,15,17,23H,14,16H2,1H3,(H,29,32);1-8,10H,9H2,(H,21,22)/t23-;/m0./s1. The van der Waals surface area contributed by atoms with E-state index in [1.165, 1.54) is 13.3 Å². The van der Waals surface area contributed by atoms with Gasteiger partial charge in [-0.15, -0.1) is 0 Å². The zero-order valence-corrected chi connectivity index (χ0v) is 33.2. The Kier molecular flexibility index (Phi) is 12.7. The lowest BCUT2D eigenvalue weighted by molar-refractivity contribution is -0.142. The van der Waals surface area contributed by atoms with Crippen molar-refractivity contribution >= 4 is 71.5 Å². The van der Waals surface area contributed by atoms with Crippen molar-refractivity contribution in [2.75, 3.05) is 7.11 Å². The maximum Gasteiger partial charge on any atom is 0.341 e. The molecule has 0 fully saturated rings. The average Bonchev–Trinajstić information content (AvgIpc) is 3.20. The Morgan fingerprint density at radius 1 is 0.643 bits per heavy atom. The number of fused-ring (bicyclic) bond motifs is 2. The molecular formula is C44H35Br2N3O7. The lowest BCUT2D eigenvalue weighted by atomic mass is 10.0. The average molecular weight is 878 g/mol. The lowest BCUT2D eigenvalue weighted by Crippen LogP contribution is -2.44. The summed E-state index contributed by atoms with van der Waals surface area (Å²) in [4.78, 5) is 62.6. The van der Waals surface area contributed by atoms with Crippen molar-refractivity contribution in [1.29, 1.82) is 0 Å². The number of nitrogens with one attached hydrogen (secondary N) is 1. The van der Waals surface area contributed by atoms with Gasteiger partial charge in [-0.2, -0.15) is 0 Å². The molecule has 2 N–H and O–H groups in total. The van der Waals surface area contributed by atoms with Gasteiger partial charge in [-0.3, -0.25) is 14.4 Å². The van der Waals surface area contributed by atoms with E-state index in [1.807, 2.05) is 120 Å². The molecule has 0 saturated heterocycles. The van der Waals surface area contributed by atoms with E-state index in [2.05, 4.69) is 37.2 Å². The third-order valence-corrected chi connectivity index (χ3v) is 10.0. The smallest absolute Gasteiger partial charge is 0.341 e. The van der Waals surface area contributed by atoms with E-state index < -0.39 is 34.7 Å². The van der Waals surface area contributed by atoms with Crippen LogP contribution in [0, 0.1) is 0 Å². The van der Waals surface area contributed by atoms with Crippen LogP contribution < -0.4 is 16.2 Å². The summed E-state index contributed by atoms with van der Waals surface area (Å²) in [7, 11) is 1.27. The van der Waals surface area contributed by atoms with Gasteiger partial charge in [0.05, 0.1) is 18.1 Å². The molecule has 2 heterocycles. The molecule has 0 spiro atoms. The second-order valence-electron chi connectivity index (χ2n) is 12.8. The number of rotatable bonds is 10. The number of aromatic carboxylic acids is 1. The van der Waals surface area contributed by atoms with Crippen molar-refractivity contribution < 1.29 is 24.2 Å². The first kappa shape index (κ1) is 39.6. The van der Waals surface area contributed by atoms with Crippen LogP contribution in [0.25, 0.3) is 21.8 Å². The Morgan fingerprint density at radius 2 is 1.07 bits per heavy atom. The predicted octanol–water partition coefficient (Wildman–Crippen LogP) is 7.84. The van der Waals surface area contributed by atoms with E-state index in [0.717, 1.165) is 25.6 Å². The number of carbonyl (C=O) groups excluding carboxylic acids is 2. The highest BCUT2D eigenvalue weighted by Gasteiger charge is 2.25. The van der Waals surface area contributed by atoms with Crippen molar-refractivity contribution in [3.63, 3.8) is 0 Å². The highest BCUT2D eigenvalue weighted by Crippen LogP contribution is 2.21. The fourth-order valence-electron chi connectivity index (χ4n) is 6.30. The predicted molar refractivity (Wildman–Crippen MR) is 223 cm³/mol. The van der Waals surface area contributed by atoms with Crippen molar-refractivity contribution in [2.24, 2.45) is 0 Å². The summed E-state index contributed by atoms with van der Waals surface area (Å²) in [5, 5.41) is 12.8. The van der Waals surface area contributed by atoms with Crippen molar-refractivity contribution in [2.45, 2.75) is 25.6 Å². The van der Waals surface area contributed by atoms with Crippen LogP contribution in [0.5, 0.6) is 0 Å². The van der Waals surface area contributed by atoms with E-state index in [0.29, 0.717) is 34.9 Å². The number of ether oxygens (including phenoxy) is 1. The number of hydrogen-bond donors (Lipinski definition) is 2. The number of carboxylic acids is 1.